The van der Waals surface area contributed by atoms with Gasteiger partial charge in [0.25, 0.3) is 5.91 Å². The van der Waals surface area contributed by atoms with Gasteiger partial charge in [-0.2, -0.15) is 0 Å². The highest BCUT2D eigenvalue weighted by molar-refractivity contribution is 5.93. The third kappa shape index (κ3) is 4.92. The molecule has 1 amide bonds. The van der Waals surface area contributed by atoms with Crippen LogP contribution in [0, 0.1) is 5.41 Å². The van der Waals surface area contributed by atoms with Crippen LogP contribution in [0.15, 0.2) is 6.08 Å². The van der Waals surface area contributed by atoms with Gasteiger partial charge in [-0.25, -0.2) is 4.98 Å². The van der Waals surface area contributed by atoms with E-state index in [0.717, 1.165) is 37.6 Å². The van der Waals surface area contributed by atoms with Gasteiger partial charge in [0, 0.05) is 26.2 Å². The first-order chi connectivity index (χ1) is 11.3. The molecule has 0 aliphatic carbocycles. The van der Waals surface area contributed by atoms with Gasteiger partial charge in [-0.05, 0) is 37.9 Å². The minimum Gasteiger partial charge on any atom is -0.396 e. The number of imidazole rings is 1. The lowest BCUT2D eigenvalue weighted by Gasteiger charge is -2.19. The summed E-state index contributed by atoms with van der Waals surface area (Å²) in [5.41, 5.74) is 1.54. The second kappa shape index (κ2) is 7.94. The van der Waals surface area contributed by atoms with Crippen LogP contribution in [-0.4, -0.2) is 52.2 Å². The molecular formula is C18H30N4O2. The second-order valence-electron chi connectivity index (χ2n) is 7.67. The Labute approximate surface area is 144 Å². The van der Waals surface area contributed by atoms with Gasteiger partial charge < -0.3 is 19.9 Å². The topological polar surface area (TPSA) is 70.4 Å². The fourth-order valence-corrected chi connectivity index (χ4v) is 2.75. The van der Waals surface area contributed by atoms with Crippen molar-refractivity contribution in [3.05, 3.63) is 23.3 Å². The van der Waals surface area contributed by atoms with Crippen molar-refractivity contribution in [1.29, 1.82) is 0 Å². The van der Waals surface area contributed by atoms with Crippen molar-refractivity contribution in [2.24, 2.45) is 5.41 Å². The van der Waals surface area contributed by atoms with Crippen molar-refractivity contribution in [2.75, 3.05) is 26.7 Å². The highest BCUT2D eigenvalue weighted by Gasteiger charge is 2.25. The molecule has 0 bridgehead atoms. The van der Waals surface area contributed by atoms with E-state index in [-0.39, 0.29) is 17.9 Å². The molecule has 6 nitrogen and oxygen atoms in total. The van der Waals surface area contributed by atoms with E-state index in [1.54, 1.807) is 0 Å². The van der Waals surface area contributed by atoms with Gasteiger partial charge in [0.15, 0.2) is 5.69 Å². The van der Waals surface area contributed by atoms with Gasteiger partial charge in [-0.3, -0.25) is 4.79 Å². The molecule has 24 heavy (non-hydrogen) atoms. The van der Waals surface area contributed by atoms with E-state index >= 15 is 0 Å². The minimum atomic E-state index is -0.106. The van der Waals surface area contributed by atoms with E-state index in [9.17, 15) is 4.79 Å². The predicted molar refractivity (Wildman–Crippen MR) is 95.7 cm³/mol. The first-order valence-electron chi connectivity index (χ1n) is 8.65. The average Bonchev–Trinajstić information content (AvgIpc) is 2.71. The van der Waals surface area contributed by atoms with Crippen molar-refractivity contribution < 1.29 is 9.90 Å². The fraction of sp³-hybridized carbons (Fsp3) is 0.667. The zero-order valence-corrected chi connectivity index (χ0v) is 15.3. The predicted octanol–water partition coefficient (Wildman–Crippen LogP) is 1.89. The van der Waals surface area contributed by atoms with Crippen molar-refractivity contribution in [1.82, 2.24) is 19.8 Å². The van der Waals surface area contributed by atoms with Gasteiger partial charge in [0.2, 0.25) is 0 Å². The zero-order chi connectivity index (χ0) is 17.7. The van der Waals surface area contributed by atoms with E-state index in [0.29, 0.717) is 18.7 Å². The molecule has 1 aromatic heterocycles. The Morgan fingerprint density at radius 1 is 1.38 bits per heavy atom. The van der Waals surface area contributed by atoms with Crippen LogP contribution < -0.4 is 5.32 Å². The maximum absolute atomic E-state index is 12.7. The van der Waals surface area contributed by atoms with Crippen LogP contribution in [0.2, 0.25) is 0 Å². The van der Waals surface area contributed by atoms with Gasteiger partial charge in [0.05, 0.1) is 5.69 Å². The number of nitrogens with one attached hydrogen (secondary N) is 1. The van der Waals surface area contributed by atoms with E-state index in [4.69, 9.17) is 5.11 Å². The number of aliphatic hydroxyl groups excluding tert-OH is 1. The van der Waals surface area contributed by atoms with Crippen LogP contribution in [0.1, 0.15) is 55.6 Å². The third-order valence-corrected chi connectivity index (χ3v) is 4.00. The van der Waals surface area contributed by atoms with Crippen LogP contribution >= 0.6 is 0 Å². The van der Waals surface area contributed by atoms with Gasteiger partial charge in [-0.1, -0.05) is 26.8 Å². The maximum Gasteiger partial charge on any atom is 0.271 e. The van der Waals surface area contributed by atoms with E-state index in [1.807, 2.05) is 12.2 Å². The molecule has 0 aromatic carbocycles. The number of carbonyl (C=O) groups is 1. The van der Waals surface area contributed by atoms with Gasteiger partial charge in [0.1, 0.15) is 5.82 Å². The summed E-state index contributed by atoms with van der Waals surface area (Å²) in [6.07, 6.45) is 5.43. The summed E-state index contributed by atoms with van der Waals surface area (Å²) >= 11 is 0. The normalized spacial score (nSPS) is 16.2. The molecule has 2 heterocycles. The number of aromatic nitrogens is 2. The van der Waals surface area contributed by atoms with Gasteiger partial charge in [-0.15, -0.1) is 0 Å². The number of rotatable bonds is 5. The Kier molecular flexibility index (Phi) is 6.18. The molecule has 0 saturated carbocycles. The number of hydrogen-bond donors (Lipinski definition) is 2. The van der Waals surface area contributed by atoms with Gasteiger partial charge >= 0.3 is 0 Å². The Hall–Kier alpha value is -1.66. The molecule has 1 aromatic rings. The second-order valence-corrected chi connectivity index (χ2v) is 7.67. The lowest BCUT2D eigenvalue weighted by molar-refractivity contribution is 0.0932. The Balaban J connectivity index is 2.30. The largest absolute Gasteiger partial charge is 0.396 e. The molecule has 0 saturated heterocycles. The zero-order valence-electron chi connectivity index (χ0n) is 15.3. The Bertz CT molecular complexity index is 599. The van der Waals surface area contributed by atoms with Crippen molar-refractivity contribution in [3.8, 4) is 0 Å². The number of hydrogen-bond acceptors (Lipinski definition) is 4. The van der Waals surface area contributed by atoms with E-state index < -0.39 is 0 Å². The number of fused-ring (bicyclic) bond motifs is 1. The van der Waals surface area contributed by atoms with Crippen molar-refractivity contribution in [3.63, 3.8) is 0 Å². The van der Waals surface area contributed by atoms with Crippen LogP contribution in [0.3, 0.4) is 0 Å². The third-order valence-electron chi connectivity index (χ3n) is 4.00. The monoisotopic (exact) mass is 334 g/mol. The van der Waals surface area contributed by atoms with E-state index in [1.165, 1.54) is 0 Å². The summed E-state index contributed by atoms with van der Waals surface area (Å²) in [5, 5.41) is 12.0. The smallest absolute Gasteiger partial charge is 0.271 e. The lowest BCUT2D eigenvalue weighted by atomic mass is 9.97. The average molecular weight is 334 g/mol. The molecule has 1 aliphatic heterocycles. The molecule has 0 atom stereocenters. The first-order valence-corrected chi connectivity index (χ1v) is 8.65. The highest BCUT2D eigenvalue weighted by atomic mass is 16.2. The molecule has 0 radical (unpaired) electrons. The molecular weight excluding hydrogens is 304 g/mol. The summed E-state index contributed by atoms with van der Waals surface area (Å²) in [7, 11) is 2.07. The number of carbonyl (C=O) groups excluding carboxylic acids is 1. The van der Waals surface area contributed by atoms with Crippen molar-refractivity contribution in [2.45, 2.75) is 46.7 Å². The SMILES string of the molecule is CN1CCCn2c(/C=C/CCO)nc(C(=O)NCC(C)(C)C)c2C1. The molecule has 134 valence electrons. The minimum absolute atomic E-state index is 0.0347. The molecule has 0 fully saturated rings. The van der Waals surface area contributed by atoms with Crippen LogP contribution in [0.4, 0.5) is 0 Å². The lowest BCUT2D eigenvalue weighted by Crippen LogP contribution is -2.33. The number of amides is 1. The van der Waals surface area contributed by atoms with E-state index in [2.05, 4.69) is 47.6 Å². The summed E-state index contributed by atoms with van der Waals surface area (Å²) in [6, 6.07) is 0. The Morgan fingerprint density at radius 2 is 2.12 bits per heavy atom. The van der Waals surface area contributed by atoms with Crippen LogP contribution in [0.5, 0.6) is 0 Å². The molecule has 6 heteroatoms. The van der Waals surface area contributed by atoms with Crippen LogP contribution in [-0.2, 0) is 13.1 Å². The molecule has 2 rings (SSSR count). The maximum atomic E-state index is 12.7. The number of nitrogens with zero attached hydrogens (tertiary/aromatic N) is 3. The Morgan fingerprint density at radius 3 is 2.79 bits per heavy atom. The summed E-state index contributed by atoms with van der Waals surface area (Å²) in [4.78, 5) is 19.5. The molecule has 2 N–H and O–H groups in total. The summed E-state index contributed by atoms with van der Waals surface area (Å²) in [5.74, 6) is 0.695. The molecule has 1 aliphatic rings. The standard InChI is InChI=1S/C18H30N4O2/c1-18(2,3)13-19-17(24)16-14-12-21(4)9-7-10-22(14)15(20-16)8-5-6-11-23/h5,8,23H,6-7,9-13H2,1-4H3,(H,19,24)/b8-5+. The quantitative estimate of drug-likeness (QED) is 0.863. The first kappa shape index (κ1) is 18.7. The fourth-order valence-electron chi connectivity index (χ4n) is 2.75. The van der Waals surface area contributed by atoms with Crippen LogP contribution in [0.25, 0.3) is 6.08 Å². The number of aliphatic hydroxyl groups is 1. The van der Waals surface area contributed by atoms with Crippen molar-refractivity contribution >= 4 is 12.0 Å². The summed E-state index contributed by atoms with van der Waals surface area (Å²) < 4.78 is 2.14. The molecule has 0 spiro atoms. The highest BCUT2D eigenvalue weighted by Crippen LogP contribution is 2.20. The summed E-state index contributed by atoms with van der Waals surface area (Å²) in [6.45, 7) is 9.60. The molecule has 0 unspecified atom stereocenters.